The van der Waals surface area contributed by atoms with Crippen molar-refractivity contribution in [2.75, 3.05) is 5.32 Å². The van der Waals surface area contributed by atoms with Gasteiger partial charge < -0.3 is 5.32 Å². The molecule has 1 aliphatic carbocycles. The molecule has 3 heteroatoms. The third-order valence-corrected chi connectivity index (χ3v) is 4.28. The van der Waals surface area contributed by atoms with Crippen molar-refractivity contribution in [2.24, 2.45) is 11.3 Å². The first kappa shape index (κ1) is 13.7. The lowest BCUT2D eigenvalue weighted by Gasteiger charge is -2.40. The number of nitrogens with one attached hydrogen (secondary N) is 1. The number of rotatable bonds is 2. The molecule has 0 aliphatic heterocycles. The second kappa shape index (κ2) is 5.08. The number of hydrogen-bond donors (Lipinski definition) is 1. The van der Waals surface area contributed by atoms with E-state index in [4.69, 9.17) is 11.6 Å². The van der Waals surface area contributed by atoms with Crippen LogP contribution in [0.3, 0.4) is 0 Å². The van der Waals surface area contributed by atoms with E-state index >= 15 is 0 Å². The topological polar surface area (TPSA) is 12.0 Å². The Kier molecular flexibility index (Phi) is 3.86. The Balaban J connectivity index is 2.06. The zero-order valence-corrected chi connectivity index (χ0v) is 12.0. The molecule has 2 rings (SSSR count). The molecule has 0 spiro atoms. The smallest absolute Gasteiger partial charge is 0.124 e. The fourth-order valence-electron chi connectivity index (χ4n) is 2.97. The molecule has 0 bridgehead atoms. The number of anilines is 1. The normalized spacial score (nSPS) is 26.9. The summed E-state index contributed by atoms with van der Waals surface area (Å²) in [4.78, 5) is 0. The predicted molar refractivity (Wildman–Crippen MR) is 75.6 cm³/mol. The van der Waals surface area contributed by atoms with Gasteiger partial charge >= 0.3 is 0 Å². The third-order valence-electron chi connectivity index (χ3n) is 3.97. The van der Waals surface area contributed by atoms with Gasteiger partial charge in [0.25, 0.3) is 0 Å². The maximum absolute atomic E-state index is 13.0. The van der Waals surface area contributed by atoms with Crippen LogP contribution < -0.4 is 5.32 Å². The average Bonchev–Trinajstić information content (AvgIpc) is 2.24. The molecule has 0 amide bonds. The van der Waals surface area contributed by atoms with Crippen LogP contribution in [0.25, 0.3) is 0 Å². The van der Waals surface area contributed by atoms with Crippen molar-refractivity contribution in [1.82, 2.24) is 0 Å². The van der Waals surface area contributed by atoms with Gasteiger partial charge in [0.05, 0.1) is 10.7 Å². The van der Waals surface area contributed by atoms with E-state index < -0.39 is 0 Å². The van der Waals surface area contributed by atoms with E-state index in [0.29, 0.717) is 22.4 Å². The van der Waals surface area contributed by atoms with Gasteiger partial charge in [-0.25, -0.2) is 4.39 Å². The minimum absolute atomic E-state index is 0.289. The molecule has 18 heavy (non-hydrogen) atoms. The Morgan fingerprint density at radius 2 is 2.11 bits per heavy atom. The summed E-state index contributed by atoms with van der Waals surface area (Å²) < 4.78 is 13.0. The van der Waals surface area contributed by atoms with Crippen LogP contribution in [0.5, 0.6) is 0 Å². The molecule has 0 radical (unpaired) electrons. The van der Waals surface area contributed by atoms with Crippen LogP contribution in [0.1, 0.15) is 40.0 Å². The van der Waals surface area contributed by atoms with Gasteiger partial charge in [0.2, 0.25) is 0 Å². The summed E-state index contributed by atoms with van der Waals surface area (Å²) in [7, 11) is 0. The highest BCUT2D eigenvalue weighted by Crippen LogP contribution is 2.40. The molecule has 1 aromatic rings. The molecule has 1 aliphatic rings. The van der Waals surface area contributed by atoms with Crippen LogP contribution in [0.4, 0.5) is 10.1 Å². The predicted octanol–water partition coefficient (Wildman–Crippen LogP) is 5.11. The highest BCUT2D eigenvalue weighted by Gasteiger charge is 2.32. The quantitative estimate of drug-likeness (QED) is 0.787. The largest absolute Gasteiger partial charge is 0.381 e. The molecular formula is C15H21ClFN. The first-order valence-electron chi connectivity index (χ1n) is 6.59. The Morgan fingerprint density at radius 3 is 2.72 bits per heavy atom. The van der Waals surface area contributed by atoms with Gasteiger partial charge in [-0.15, -0.1) is 0 Å². The van der Waals surface area contributed by atoms with Crippen LogP contribution in [0.2, 0.25) is 5.02 Å². The van der Waals surface area contributed by atoms with Gasteiger partial charge in [-0.1, -0.05) is 32.4 Å². The van der Waals surface area contributed by atoms with Gasteiger partial charge in [0.1, 0.15) is 5.82 Å². The lowest BCUT2D eigenvalue weighted by molar-refractivity contribution is 0.177. The lowest BCUT2D eigenvalue weighted by Crippen LogP contribution is -2.36. The van der Waals surface area contributed by atoms with Crippen LogP contribution in [-0.4, -0.2) is 6.04 Å². The molecule has 1 N–H and O–H groups in total. The van der Waals surface area contributed by atoms with Crippen molar-refractivity contribution < 1.29 is 4.39 Å². The molecule has 2 unspecified atom stereocenters. The Bertz CT molecular complexity index is 431. The van der Waals surface area contributed by atoms with E-state index in [1.165, 1.54) is 25.0 Å². The molecule has 0 aromatic heterocycles. The van der Waals surface area contributed by atoms with Crippen molar-refractivity contribution in [1.29, 1.82) is 0 Å². The summed E-state index contributed by atoms with van der Waals surface area (Å²) in [5.41, 5.74) is 1.28. The SMILES string of the molecule is CC1CC(C)(C)CCC1Nc1ccc(F)cc1Cl. The summed E-state index contributed by atoms with van der Waals surface area (Å²) in [6.45, 7) is 6.92. The van der Waals surface area contributed by atoms with Gasteiger partial charge in [-0.3, -0.25) is 0 Å². The van der Waals surface area contributed by atoms with E-state index in [0.717, 1.165) is 12.1 Å². The molecular weight excluding hydrogens is 249 g/mol. The average molecular weight is 270 g/mol. The Hall–Kier alpha value is -0.760. The number of benzene rings is 1. The monoisotopic (exact) mass is 269 g/mol. The van der Waals surface area contributed by atoms with Crippen molar-refractivity contribution in [3.63, 3.8) is 0 Å². The van der Waals surface area contributed by atoms with Crippen molar-refractivity contribution in [3.8, 4) is 0 Å². The first-order valence-corrected chi connectivity index (χ1v) is 6.97. The van der Waals surface area contributed by atoms with Gasteiger partial charge in [0, 0.05) is 6.04 Å². The summed E-state index contributed by atoms with van der Waals surface area (Å²) >= 11 is 6.05. The van der Waals surface area contributed by atoms with Crippen molar-refractivity contribution in [3.05, 3.63) is 29.0 Å². The zero-order chi connectivity index (χ0) is 13.3. The molecule has 0 heterocycles. The summed E-state index contributed by atoms with van der Waals surface area (Å²) in [6.07, 6.45) is 3.57. The molecule has 1 aromatic carbocycles. The maximum atomic E-state index is 13.0. The van der Waals surface area contributed by atoms with E-state index in [-0.39, 0.29) is 5.82 Å². The zero-order valence-electron chi connectivity index (χ0n) is 11.3. The number of halogens is 2. The van der Waals surface area contributed by atoms with Crippen LogP contribution >= 0.6 is 11.6 Å². The van der Waals surface area contributed by atoms with Crippen LogP contribution in [0.15, 0.2) is 18.2 Å². The van der Waals surface area contributed by atoms with E-state index in [1.54, 1.807) is 6.07 Å². The fraction of sp³-hybridized carbons (Fsp3) is 0.600. The second-order valence-corrected chi connectivity index (χ2v) is 6.67. The first-order chi connectivity index (χ1) is 8.37. The van der Waals surface area contributed by atoms with Crippen molar-refractivity contribution in [2.45, 2.75) is 46.1 Å². The van der Waals surface area contributed by atoms with Gasteiger partial charge in [-0.05, 0) is 48.8 Å². The molecule has 1 saturated carbocycles. The number of hydrogen-bond acceptors (Lipinski definition) is 1. The van der Waals surface area contributed by atoms with Crippen LogP contribution in [-0.2, 0) is 0 Å². The minimum atomic E-state index is -0.289. The van der Waals surface area contributed by atoms with Gasteiger partial charge in [-0.2, -0.15) is 0 Å². The lowest BCUT2D eigenvalue weighted by atomic mass is 9.70. The molecule has 0 saturated heterocycles. The summed E-state index contributed by atoms with van der Waals surface area (Å²) in [5.74, 6) is 0.318. The fourth-order valence-corrected chi connectivity index (χ4v) is 3.19. The third kappa shape index (κ3) is 3.17. The molecule has 2 atom stereocenters. The van der Waals surface area contributed by atoms with E-state index in [2.05, 4.69) is 26.1 Å². The molecule has 1 fully saturated rings. The molecule has 1 nitrogen and oxygen atoms in total. The Morgan fingerprint density at radius 1 is 1.39 bits per heavy atom. The Labute approximate surface area is 114 Å². The van der Waals surface area contributed by atoms with Crippen molar-refractivity contribution >= 4 is 17.3 Å². The standard InChI is InChI=1S/C15H21ClFN/c1-10-9-15(2,3)7-6-13(10)18-14-5-4-11(17)8-12(14)16/h4-5,8,10,13,18H,6-7,9H2,1-3H3. The van der Waals surface area contributed by atoms with E-state index in [9.17, 15) is 4.39 Å². The molecule has 100 valence electrons. The second-order valence-electron chi connectivity index (χ2n) is 6.26. The summed E-state index contributed by atoms with van der Waals surface area (Å²) in [6, 6.07) is 4.97. The highest BCUT2D eigenvalue weighted by molar-refractivity contribution is 6.33. The van der Waals surface area contributed by atoms with E-state index in [1.807, 2.05) is 0 Å². The van der Waals surface area contributed by atoms with Gasteiger partial charge in [0.15, 0.2) is 0 Å². The highest BCUT2D eigenvalue weighted by atomic mass is 35.5. The maximum Gasteiger partial charge on any atom is 0.124 e. The minimum Gasteiger partial charge on any atom is -0.381 e. The van der Waals surface area contributed by atoms with Crippen LogP contribution in [0, 0.1) is 17.2 Å². The summed E-state index contributed by atoms with van der Waals surface area (Å²) in [5, 5.41) is 3.93.